The molecule has 3 aromatic carbocycles. The molecular weight excluding hydrogens is 633 g/mol. The fourth-order valence-corrected chi connectivity index (χ4v) is 7.06. The number of hydrogen-bond donors (Lipinski definition) is 1. The Morgan fingerprint density at radius 1 is 1.00 bits per heavy atom. The minimum atomic E-state index is -1.21. The Labute approximate surface area is 294 Å². The molecule has 4 aromatic rings. The molecule has 1 aromatic heterocycles. The van der Waals surface area contributed by atoms with Crippen LogP contribution >= 0.6 is 0 Å². The maximum atomic E-state index is 13.4. The van der Waals surface area contributed by atoms with Crippen molar-refractivity contribution in [1.29, 1.82) is 0 Å². The van der Waals surface area contributed by atoms with Gasteiger partial charge in [-0.25, -0.2) is 4.98 Å². The van der Waals surface area contributed by atoms with Gasteiger partial charge in [0.1, 0.15) is 12.4 Å². The predicted octanol–water partition coefficient (Wildman–Crippen LogP) is 8.35. The fraction of sp³-hybridized carbons (Fsp3) is 0.400. The van der Waals surface area contributed by atoms with Crippen molar-refractivity contribution in [2.75, 3.05) is 43.1 Å². The van der Waals surface area contributed by atoms with E-state index in [4.69, 9.17) is 9.47 Å². The number of rotatable bonds is 17. The summed E-state index contributed by atoms with van der Waals surface area (Å²) in [5.74, 6) is 1.67. The highest BCUT2D eigenvalue weighted by atomic mass is 32.2. The van der Waals surface area contributed by atoms with Gasteiger partial charge in [0.15, 0.2) is 0 Å². The normalized spacial score (nSPS) is 15.4. The van der Waals surface area contributed by atoms with Crippen LogP contribution < -0.4 is 15.0 Å². The molecule has 1 saturated heterocycles. The van der Waals surface area contributed by atoms with Crippen molar-refractivity contribution in [2.24, 2.45) is 5.92 Å². The van der Waals surface area contributed by atoms with E-state index in [1.165, 1.54) is 0 Å². The summed E-state index contributed by atoms with van der Waals surface area (Å²) in [5.41, 5.74) is 6.52. The molecule has 0 aliphatic carbocycles. The smallest absolute Gasteiger partial charge is 0.251 e. The van der Waals surface area contributed by atoms with Gasteiger partial charge in [-0.05, 0) is 103 Å². The highest BCUT2D eigenvalue weighted by molar-refractivity contribution is 7.84. The average molecular weight is 683 g/mol. The van der Waals surface area contributed by atoms with E-state index >= 15 is 0 Å². The van der Waals surface area contributed by atoms with Crippen LogP contribution in [0.25, 0.3) is 17.2 Å². The second-order valence-electron chi connectivity index (χ2n) is 12.8. The van der Waals surface area contributed by atoms with Crippen LogP contribution in [0.3, 0.4) is 0 Å². The molecule has 1 N–H and O–H groups in total. The monoisotopic (exact) mass is 682 g/mol. The van der Waals surface area contributed by atoms with Crippen molar-refractivity contribution in [3.8, 4) is 16.9 Å². The number of hydrogen-bond acceptors (Lipinski definition) is 6. The van der Waals surface area contributed by atoms with Crippen molar-refractivity contribution >= 4 is 34.2 Å². The Morgan fingerprint density at radius 3 is 2.49 bits per heavy atom. The molecule has 8 nitrogen and oxygen atoms in total. The molecule has 0 bridgehead atoms. The summed E-state index contributed by atoms with van der Waals surface area (Å²) in [6.07, 6.45) is 9.88. The fourth-order valence-electron chi connectivity index (χ4n) is 5.95. The molecule has 1 amide bonds. The van der Waals surface area contributed by atoms with Crippen molar-refractivity contribution in [1.82, 2.24) is 9.55 Å². The van der Waals surface area contributed by atoms with Crippen LogP contribution in [0.5, 0.6) is 5.75 Å². The quantitative estimate of drug-likeness (QED) is 0.0890. The summed E-state index contributed by atoms with van der Waals surface area (Å²) < 4.78 is 26.6. The third-order valence-corrected chi connectivity index (χ3v) is 10.1. The lowest BCUT2D eigenvalue weighted by Gasteiger charge is -2.22. The lowest BCUT2D eigenvalue weighted by Crippen LogP contribution is -2.20. The molecule has 9 heteroatoms. The zero-order chi connectivity index (χ0) is 34.6. The maximum absolute atomic E-state index is 13.4. The standard InChI is InChI=1S/C40H50N4O4S/c1-5-7-21-47-22-23-48-37-13-8-32(9-14-37)33-10-17-39(43-20-18-30(3)27-43)34(25-33)24-31(4)40(45)42-35-11-15-38(16-12-35)49(46)28-36-26-41-29-44(36)19-6-2/h8-17,24-26,29-30H,5-7,18-23,27-28H2,1-4H3,(H,42,45)/b31-24+/t30?,49-/m0/s1. The molecule has 0 radical (unpaired) electrons. The Balaban J connectivity index is 1.27. The van der Waals surface area contributed by atoms with Gasteiger partial charge in [-0.2, -0.15) is 0 Å². The van der Waals surface area contributed by atoms with Gasteiger partial charge in [-0.15, -0.1) is 0 Å². The summed E-state index contributed by atoms with van der Waals surface area (Å²) in [6.45, 7) is 13.1. The first-order chi connectivity index (χ1) is 23.8. The van der Waals surface area contributed by atoms with Crippen molar-refractivity contribution in [2.45, 2.75) is 70.6 Å². The molecule has 1 unspecified atom stereocenters. The largest absolute Gasteiger partial charge is 0.491 e. The van der Waals surface area contributed by atoms with Crippen molar-refractivity contribution in [3.05, 3.63) is 96.1 Å². The van der Waals surface area contributed by atoms with E-state index in [2.05, 4.69) is 66.3 Å². The van der Waals surface area contributed by atoms with Crippen molar-refractivity contribution < 1.29 is 18.5 Å². The van der Waals surface area contributed by atoms with E-state index in [0.29, 0.717) is 41.0 Å². The molecular formula is C40H50N4O4S. The molecule has 0 spiro atoms. The van der Waals surface area contributed by atoms with Gasteiger partial charge in [-0.1, -0.05) is 45.4 Å². The molecule has 260 valence electrons. The number of carbonyl (C=O) groups is 1. The zero-order valence-electron chi connectivity index (χ0n) is 29.3. The molecule has 2 atom stereocenters. The van der Waals surface area contributed by atoms with Crippen molar-refractivity contribution in [3.63, 3.8) is 0 Å². The number of imidazole rings is 1. The summed E-state index contributed by atoms with van der Waals surface area (Å²) in [5, 5.41) is 3.02. The van der Waals surface area contributed by atoms with E-state index in [1.54, 1.807) is 12.5 Å². The van der Waals surface area contributed by atoms with Crippen LogP contribution in [0.15, 0.2) is 89.7 Å². The molecule has 5 rings (SSSR count). The molecule has 0 saturated carbocycles. The number of carbonyl (C=O) groups excluding carboxylic acids is 1. The van der Waals surface area contributed by atoms with Crippen LogP contribution in [0.4, 0.5) is 11.4 Å². The lowest BCUT2D eigenvalue weighted by molar-refractivity contribution is -0.112. The first-order valence-corrected chi connectivity index (χ1v) is 18.8. The summed E-state index contributed by atoms with van der Waals surface area (Å²) in [7, 11) is -1.21. The van der Waals surface area contributed by atoms with Gasteiger partial charge >= 0.3 is 0 Å². The Morgan fingerprint density at radius 2 is 1.78 bits per heavy atom. The molecule has 1 aliphatic heterocycles. The number of benzene rings is 3. The van der Waals surface area contributed by atoms with Gasteiger partial charge in [0.05, 0.1) is 35.2 Å². The van der Waals surface area contributed by atoms with E-state index in [0.717, 1.165) is 85.7 Å². The number of nitrogens with one attached hydrogen (secondary N) is 1. The summed E-state index contributed by atoms with van der Waals surface area (Å²) >= 11 is 0. The van der Waals surface area contributed by atoms with E-state index < -0.39 is 10.8 Å². The number of ether oxygens (including phenoxy) is 2. The van der Waals surface area contributed by atoms with Crippen LogP contribution in [0.1, 0.15) is 64.6 Å². The molecule has 49 heavy (non-hydrogen) atoms. The number of nitrogens with zero attached hydrogens (tertiary/aromatic N) is 3. The van der Waals surface area contributed by atoms with Gasteiger partial charge in [0, 0.05) is 54.3 Å². The number of aromatic nitrogens is 2. The highest BCUT2D eigenvalue weighted by Gasteiger charge is 2.21. The van der Waals surface area contributed by atoms with Gasteiger partial charge < -0.3 is 24.3 Å². The second kappa shape index (κ2) is 18.0. The number of aryl methyl sites for hydroxylation is 1. The predicted molar refractivity (Wildman–Crippen MR) is 200 cm³/mol. The van der Waals surface area contributed by atoms with Crippen LogP contribution in [-0.4, -0.2) is 52.6 Å². The zero-order valence-corrected chi connectivity index (χ0v) is 30.1. The molecule has 1 aliphatic rings. The van der Waals surface area contributed by atoms with Gasteiger partial charge in [0.25, 0.3) is 5.91 Å². The minimum absolute atomic E-state index is 0.177. The maximum Gasteiger partial charge on any atom is 0.251 e. The Bertz CT molecular complexity index is 1720. The first-order valence-electron chi connectivity index (χ1n) is 17.5. The number of amides is 1. The van der Waals surface area contributed by atoms with Gasteiger partial charge in [-0.3, -0.25) is 9.00 Å². The molecule has 2 heterocycles. The lowest BCUT2D eigenvalue weighted by atomic mass is 9.99. The summed E-state index contributed by atoms with van der Waals surface area (Å²) in [4.78, 5) is 20.7. The van der Waals surface area contributed by atoms with E-state index in [-0.39, 0.29) is 5.91 Å². The highest BCUT2D eigenvalue weighted by Crippen LogP contribution is 2.33. The first kappa shape index (κ1) is 36.1. The third kappa shape index (κ3) is 10.2. The Kier molecular flexibility index (Phi) is 13.2. The minimum Gasteiger partial charge on any atom is -0.491 e. The van der Waals surface area contributed by atoms with Crippen LogP contribution in [-0.2, 0) is 32.6 Å². The molecule has 1 fully saturated rings. The Hall–Kier alpha value is -4.21. The van der Waals surface area contributed by atoms with E-state index in [9.17, 15) is 9.00 Å². The van der Waals surface area contributed by atoms with Crippen LogP contribution in [0, 0.1) is 5.92 Å². The number of anilines is 2. The van der Waals surface area contributed by atoms with Gasteiger partial charge in [0.2, 0.25) is 0 Å². The second-order valence-corrected chi connectivity index (χ2v) is 14.3. The van der Waals surface area contributed by atoms with E-state index in [1.807, 2.05) is 54.0 Å². The number of unbranched alkanes of at least 4 members (excludes halogenated alkanes) is 1. The SMILES string of the molecule is CCCCOCCOc1ccc(-c2ccc(N3CCC(C)C3)c(/C=C(\C)C(=O)Nc3ccc([S@@](=O)Cc4cncn4CCC)cc3)c2)cc1. The average Bonchev–Trinajstić information content (AvgIpc) is 3.75. The summed E-state index contributed by atoms with van der Waals surface area (Å²) in [6, 6.07) is 21.9. The topological polar surface area (TPSA) is 85.7 Å². The third-order valence-electron chi connectivity index (χ3n) is 8.77. The van der Waals surface area contributed by atoms with Crippen LogP contribution in [0.2, 0.25) is 0 Å².